The second-order valence-corrected chi connectivity index (χ2v) is 5.21. The van der Waals surface area contributed by atoms with E-state index < -0.39 is 6.29 Å². The van der Waals surface area contributed by atoms with Crippen molar-refractivity contribution in [1.82, 2.24) is 19.5 Å². The Balaban J connectivity index is 0.00000144. The Kier molecular flexibility index (Phi) is 3.85. The highest BCUT2D eigenvalue weighted by Crippen LogP contribution is 2.30. The van der Waals surface area contributed by atoms with Crippen LogP contribution in [-0.2, 0) is 9.47 Å². The van der Waals surface area contributed by atoms with Crippen LogP contribution in [0, 0.1) is 0 Å². The highest BCUT2D eigenvalue weighted by atomic mass is 16.7. The highest BCUT2D eigenvalue weighted by molar-refractivity contribution is 5.84. The van der Waals surface area contributed by atoms with E-state index in [2.05, 4.69) is 20.3 Å². The van der Waals surface area contributed by atoms with Crippen LogP contribution in [0.15, 0.2) is 6.33 Å². The van der Waals surface area contributed by atoms with E-state index in [1.54, 1.807) is 10.9 Å². The standard InChI is InChI=1S/C12H16N6O3.CH4/c13-12-16-10(15-6-1-2-6)9-11(17-12)18(5-14-9)7-4-20-8(3-19)21-7;/h5-8,19H,1-4H2,(H3,13,15,16,17);1H4/t7-,8-;/m1./s1. The molecule has 120 valence electrons. The molecule has 9 heteroatoms. The number of nitrogens with two attached hydrogens (primary N) is 1. The van der Waals surface area contributed by atoms with Crippen LogP contribution in [0.4, 0.5) is 11.8 Å². The van der Waals surface area contributed by atoms with E-state index in [1.807, 2.05) is 0 Å². The number of aliphatic hydroxyl groups excluding tert-OH is 1. The Morgan fingerprint density at radius 2 is 2.23 bits per heavy atom. The molecule has 0 bridgehead atoms. The van der Waals surface area contributed by atoms with Gasteiger partial charge in [0.25, 0.3) is 0 Å². The Labute approximate surface area is 127 Å². The van der Waals surface area contributed by atoms with Crippen LogP contribution in [0.3, 0.4) is 0 Å². The molecule has 2 aromatic heterocycles. The van der Waals surface area contributed by atoms with Gasteiger partial charge in [-0.2, -0.15) is 9.97 Å². The van der Waals surface area contributed by atoms with E-state index in [0.29, 0.717) is 29.6 Å². The number of nitrogens with zero attached hydrogens (tertiary/aromatic N) is 4. The molecule has 22 heavy (non-hydrogen) atoms. The monoisotopic (exact) mass is 308 g/mol. The maximum atomic E-state index is 9.06. The molecular weight excluding hydrogens is 288 g/mol. The Hall–Kier alpha value is -1.97. The number of imidazole rings is 1. The van der Waals surface area contributed by atoms with Crippen molar-refractivity contribution in [2.24, 2.45) is 0 Å². The van der Waals surface area contributed by atoms with E-state index in [4.69, 9.17) is 20.3 Å². The van der Waals surface area contributed by atoms with Gasteiger partial charge in [-0.15, -0.1) is 0 Å². The van der Waals surface area contributed by atoms with Gasteiger partial charge in [0, 0.05) is 6.04 Å². The summed E-state index contributed by atoms with van der Waals surface area (Å²) in [5.41, 5.74) is 7.04. The zero-order valence-corrected chi connectivity index (χ0v) is 11.3. The molecule has 2 atom stereocenters. The summed E-state index contributed by atoms with van der Waals surface area (Å²) in [4.78, 5) is 12.8. The first-order chi connectivity index (χ1) is 10.2. The van der Waals surface area contributed by atoms with Crippen molar-refractivity contribution < 1.29 is 14.6 Å². The summed E-state index contributed by atoms with van der Waals surface area (Å²) in [6.45, 7) is 0.140. The van der Waals surface area contributed by atoms with Crippen LogP contribution in [0.25, 0.3) is 11.2 Å². The lowest BCUT2D eigenvalue weighted by Gasteiger charge is -2.12. The van der Waals surface area contributed by atoms with Crippen LogP contribution in [0.2, 0.25) is 0 Å². The number of hydrogen-bond donors (Lipinski definition) is 3. The molecule has 4 rings (SSSR count). The molecule has 2 aromatic rings. The maximum Gasteiger partial charge on any atom is 0.224 e. The molecule has 3 heterocycles. The third kappa shape index (κ3) is 2.58. The molecular formula is C13H20N6O3. The minimum Gasteiger partial charge on any atom is -0.391 e. The summed E-state index contributed by atoms with van der Waals surface area (Å²) < 4.78 is 12.6. The highest BCUT2D eigenvalue weighted by Gasteiger charge is 2.29. The van der Waals surface area contributed by atoms with Crippen molar-refractivity contribution in [1.29, 1.82) is 0 Å². The minimum atomic E-state index is -0.615. The van der Waals surface area contributed by atoms with Crippen molar-refractivity contribution in [3.8, 4) is 0 Å². The van der Waals surface area contributed by atoms with Gasteiger partial charge in [0.15, 0.2) is 29.5 Å². The summed E-state index contributed by atoms with van der Waals surface area (Å²) in [5, 5.41) is 12.4. The van der Waals surface area contributed by atoms with Crippen molar-refractivity contribution in [3.63, 3.8) is 0 Å². The van der Waals surface area contributed by atoms with Crippen molar-refractivity contribution in [2.75, 3.05) is 24.3 Å². The second kappa shape index (κ2) is 5.67. The molecule has 0 spiro atoms. The summed E-state index contributed by atoms with van der Waals surface area (Å²) in [6.07, 6.45) is 2.89. The molecule has 2 aliphatic rings. The molecule has 0 radical (unpaired) electrons. The van der Waals surface area contributed by atoms with Gasteiger partial charge in [0.05, 0.1) is 19.5 Å². The van der Waals surface area contributed by atoms with Gasteiger partial charge in [-0.25, -0.2) is 4.98 Å². The summed E-state index contributed by atoms with van der Waals surface area (Å²) in [5.74, 6) is 0.835. The van der Waals surface area contributed by atoms with Crippen molar-refractivity contribution in [3.05, 3.63) is 6.33 Å². The van der Waals surface area contributed by atoms with Crippen LogP contribution in [0.1, 0.15) is 26.5 Å². The first kappa shape index (κ1) is 14.9. The van der Waals surface area contributed by atoms with Gasteiger partial charge < -0.3 is 25.6 Å². The SMILES string of the molecule is C.Nc1nc(NC2CC2)c2ncn([C@H]3CO[C@@H](CO)O3)c2n1. The number of rotatable bonds is 4. The van der Waals surface area contributed by atoms with Crippen LogP contribution >= 0.6 is 0 Å². The predicted octanol–water partition coefficient (Wildman–Crippen LogP) is 0.483. The Morgan fingerprint density at radius 3 is 2.91 bits per heavy atom. The van der Waals surface area contributed by atoms with Gasteiger partial charge in [0.1, 0.15) is 0 Å². The van der Waals surface area contributed by atoms with Gasteiger partial charge in [-0.05, 0) is 12.8 Å². The molecule has 1 aliphatic carbocycles. The zero-order chi connectivity index (χ0) is 14.4. The topological polar surface area (TPSA) is 120 Å². The quantitative estimate of drug-likeness (QED) is 0.746. The number of nitrogens with one attached hydrogen (secondary N) is 1. The fraction of sp³-hybridized carbons (Fsp3) is 0.615. The van der Waals surface area contributed by atoms with E-state index in [1.165, 1.54) is 0 Å². The molecule has 2 fully saturated rings. The average Bonchev–Trinajstić information content (AvgIpc) is 3.01. The first-order valence-electron chi connectivity index (χ1n) is 6.89. The third-order valence-corrected chi connectivity index (χ3v) is 3.55. The largest absolute Gasteiger partial charge is 0.391 e. The Morgan fingerprint density at radius 1 is 1.41 bits per heavy atom. The molecule has 0 amide bonds. The number of ether oxygens (including phenoxy) is 2. The second-order valence-electron chi connectivity index (χ2n) is 5.21. The molecule has 0 aromatic carbocycles. The molecule has 4 N–H and O–H groups in total. The van der Waals surface area contributed by atoms with E-state index in [9.17, 15) is 0 Å². The number of fused-ring (bicyclic) bond motifs is 1. The summed E-state index contributed by atoms with van der Waals surface area (Å²) in [7, 11) is 0. The van der Waals surface area contributed by atoms with Crippen LogP contribution in [0.5, 0.6) is 0 Å². The summed E-state index contributed by atoms with van der Waals surface area (Å²) >= 11 is 0. The van der Waals surface area contributed by atoms with Gasteiger partial charge in [-0.1, -0.05) is 7.43 Å². The molecule has 0 unspecified atom stereocenters. The van der Waals surface area contributed by atoms with Gasteiger partial charge in [0.2, 0.25) is 5.95 Å². The molecule has 9 nitrogen and oxygen atoms in total. The lowest BCUT2D eigenvalue weighted by molar-refractivity contribution is -0.0980. The normalized spacial score (nSPS) is 24.4. The Bertz CT molecular complexity index is 671. The first-order valence-corrected chi connectivity index (χ1v) is 6.89. The molecule has 1 aliphatic heterocycles. The maximum absolute atomic E-state index is 9.06. The van der Waals surface area contributed by atoms with Crippen molar-refractivity contribution in [2.45, 2.75) is 38.8 Å². The predicted molar refractivity (Wildman–Crippen MR) is 80.1 cm³/mol. The number of hydrogen-bond acceptors (Lipinski definition) is 8. The van der Waals surface area contributed by atoms with E-state index in [0.717, 1.165) is 12.8 Å². The van der Waals surface area contributed by atoms with Gasteiger partial charge >= 0.3 is 0 Å². The average molecular weight is 308 g/mol. The molecule has 1 saturated carbocycles. The lowest BCUT2D eigenvalue weighted by Crippen LogP contribution is -2.15. The zero-order valence-electron chi connectivity index (χ0n) is 11.3. The fourth-order valence-electron chi connectivity index (χ4n) is 2.35. The van der Waals surface area contributed by atoms with Crippen LogP contribution < -0.4 is 11.1 Å². The fourth-order valence-corrected chi connectivity index (χ4v) is 2.35. The van der Waals surface area contributed by atoms with E-state index >= 15 is 0 Å². The van der Waals surface area contributed by atoms with Crippen molar-refractivity contribution >= 4 is 22.9 Å². The van der Waals surface area contributed by atoms with Crippen LogP contribution in [-0.4, -0.2) is 50.2 Å². The van der Waals surface area contributed by atoms with E-state index in [-0.39, 0.29) is 26.2 Å². The number of aromatic nitrogens is 4. The smallest absolute Gasteiger partial charge is 0.224 e. The van der Waals surface area contributed by atoms with Gasteiger partial charge in [-0.3, -0.25) is 4.57 Å². The number of aliphatic hydroxyl groups is 1. The number of anilines is 2. The lowest BCUT2D eigenvalue weighted by atomic mass is 10.4. The number of nitrogen functional groups attached to an aromatic ring is 1. The minimum absolute atomic E-state index is 0. The molecule has 1 saturated heterocycles. The summed E-state index contributed by atoms with van der Waals surface area (Å²) in [6, 6.07) is 0.442. The third-order valence-electron chi connectivity index (χ3n) is 3.55.